The maximum absolute atomic E-state index is 5.52. The van der Waals surface area contributed by atoms with Gasteiger partial charge in [0.2, 0.25) is 0 Å². The number of hydrogen-bond acceptors (Lipinski definition) is 3. The SMILES string of the molecule is C[Si](C)(C)c1ccc(/C=N/N)o1. The van der Waals surface area contributed by atoms with Crippen LogP contribution in [0.3, 0.4) is 0 Å². The van der Waals surface area contributed by atoms with Crippen molar-refractivity contribution in [3.8, 4) is 0 Å². The fourth-order valence-corrected chi connectivity index (χ4v) is 1.91. The van der Waals surface area contributed by atoms with Crippen LogP contribution in [0.25, 0.3) is 0 Å². The number of hydrogen-bond donors (Lipinski definition) is 1. The molecule has 1 aromatic heterocycles. The molecule has 0 atom stereocenters. The molecule has 3 nitrogen and oxygen atoms in total. The van der Waals surface area contributed by atoms with E-state index < -0.39 is 8.07 Å². The maximum atomic E-state index is 5.52. The Kier molecular flexibility index (Phi) is 2.37. The van der Waals surface area contributed by atoms with Crippen LogP contribution in [-0.2, 0) is 0 Å². The van der Waals surface area contributed by atoms with E-state index in [1.54, 1.807) is 0 Å². The third-order valence-electron chi connectivity index (χ3n) is 1.57. The Hall–Kier alpha value is -1.03. The van der Waals surface area contributed by atoms with Crippen LogP contribution in [0, 0.1) is 0 Å². The molecule has 0 spiro atoms. The monoisotopic (exact) mass is 182 g/mol. The van der Waals surface area contributed by atoms with Crippen LogP contribution in [-0.4, -0.2) is 14.3 Å². The predicted molar refractivity (Wildman–Crippen MR) is 53.5 cm³/mol. The Morgan fingerprint density at radius 1 is 1.42 bits per heavy atom. The molecule has 0 radical (unpaired) electrons. The summed E-state index contributed by atoms with van der Waals surface area (Å²) in [5.41, 5.74) is 0. The van der Waals surface area contributed by atoms with E-state index >= 15 is 0 Å². The number of furan rings is 1. The fraction of sp³-hybridized carbons (Fsp3) is 0.375. The van der Waals surface area contributed by atoms with E-state index in [9.17, 15) is 0 Å². The second kappa shape index (κ2) is 3.14. The smallest absolute Gasteiger partial charge is 0.146 e. The normalized spacial score (nSPS) is 12.6. The summed E-state index contributed by atoms with van der Waals surface area (Å²) in [5, 5.41) is 4.48. The quantitative estimate of drug-likeness (QED) is 0.322. The molecule has 0 bridgehead atoms. The molecule has 0 saturated heterocycles. The van der Waals surface area contributed by atoms with Gasteiger partial charge in [-0.3, -0.25) is 0 Å². The average Bonchev–Trinajstić information content (AvgIpc) is 2.35. The van der Waals surface area contributed by atoms with Gasteiger partial charge < -0.3 is 10.3 Å². The highest BCUT2D eigenvalue weighted by atomic mass is 28.3. The van der Waals surface area contributed by atoms with Crippen LogP contribution in [0.2, 0.25) is 19.6 Å². The summed E-state index contributed by atoms with van der Waals surface area (Å²) >= 11 is 0. The van der Waals surface area contributed by atoms with Crippen molar-refractivity contribution in [3.63, 3.8) is 0 Å². The van der Waals surface area contributed by atoms with Gasteiger partial charge in [0.25, 0.3) is 0 Å². The Bertz CT molecular complexity index is 285. The molecule has 0 aliphatic heterocycles. The molecule has 1 rings (SSSR count). The highest BCUT2D eigenvalue weighted by molar-refractivity contribution is 6.87. The van der Waals surface area contributed by atoms with Gasteiger partial charge >= 0.3 is 0 Å². The summed E-state index contributed by atoms with van der Waals surface area (Å²) < 4.78 is 5.52. The molecule has 0 unspecified atom stereocenters. The Balaban J connectivity index is 2.92. The van der Waals surface area contributed by atoms with Crippen molar-refractivity contribution >= 4 is 19.7 Å². The van der Waals surface area contributed by atoms with E-state index in [0.29, 0.717) is 0 Å². The lowest BCUT2D eigenvalue weighted by molar-refractivity contribution is 0.589. The second-order valence-electron chi connectivity index (χ2n) is 3.73. The molecular weight excluding hydrogens is 168 g/mol. The minimum absolute atomic E-state index is 0.731. The highest BCUT2D eigenvalue weighted by Gasteiger charge is 2.20. The number of rotatable bonds is 2. The highest BCUT2D eigenvalue weighted by Crippen LogP contribution is 2.04. The van der Waals surface area contributed by atoms with Crippen molar-refractivity contribution in [3.05, 3.63) is 17.9 Å². The molecule has 4 heteroatoms. The Morgan fingerprint density at radius 2 is 2.08 bits per heavy atom. The van der Waals surface area contributed by atoms with Crippen molar-refractivity contribution in [1.29, 1.82) is 0 Å². The van der Waals surface area contributed by atoms with E-state index in [0.717, 1.165) is 11.1 Å². The van der Waals surface area contributed by atoms with Crippen LogP contribution in [0.4, 0.5) is 0 Å². The Morgan fingerprint density at radius 3 is 2.50 bits per heavy atom. The van der Waals surface area contributed by atoms with Crippen LogP contribution < -0.4 is 11.2 Å². The number of nitrogens with two attached hydrogens (primary N) is 1. The summed E-state index contributed by atoms with van der Waals surface area (Å²) in [6.07, 6.45) is 1.52. The van der Waals surface area contributed by atoms with E-state index in [4.69, 9.17) is 10.3 Å². The maximum Gasteiger partial charge on any atom is 0.146 e. The lowest BCUT2D eigenvalue weighted by Crippen LogP contribution is -2.36. The lowest BCUT2D eigenvalue weighted by Gasteiger charge is -2.10. The van der Waals surface area contributed by atoms with Gasteiger partial charge in [-0.25, -0.2) is 0 Å². The lowest BCUT2D eigenvalue weighted by atomic mass is 10.5. The third-order valence-corrected chi connectivity index (χ3v) is 3.31. The molecule has 0 aliphatic carbocycles. The fourth-order valence-electron chi connectivity index (χ4n) is 0.899. The summed E-state index contributed by atoms with van der Waals surface area (Å²) in [5.74, 6) is 5.73. The molecule has 1 heterocycles. The molecule has 0 saturated carbocycles. The van der Waals surface area contributed by atoms with Gasteiger partial charge in [0.15, 0.2) is 0 Å². The minimum atomic E-state index is -1.31. The van der Waals surface area contributed by atoms with E-state index in [1.807, 2.05) is 12.1 Å². The summed E-state index contributed by atoms with van der Waals surface area (Å²) in [6, 6.07) is 3.90. The number of hydrazone groups is 1. The zero-order valence-electron chi connectivity index (χ0n) is 7.66. The molecular formula is C8H14N2OSi. The first-order chi connectivity index (χ1) is 5.54. The van der Waals surface area contributed by atoms with Gasteiger partial charge in [0, 0.05) is 0 Å². The van der Waals surface area contributed by atoms with Gasteiger partial charge in [0.1, 0.15) is 13.8 Å². The van der Waals surface area contributed by atoms with Crippen molar-refractivity contribution in [2.45, 2.75) is 19.6 Å². The first-order valence-electron chi connectivity index (χ1n) is 3.87. The third kappa shape index (κ3) is 1.98. The second-order valence-corrected chi connectivity index (χ2v) is 8.72. The standard InChI is InChI=1S/C8H14N2OSi/c1-12(2,3)8-5-4-7(11-8)6-10-9/h4-6H,9H2,1-3H3/b10-6+. The molecule has 66 valence electrons. The summed E-state index contributed by atoms with van der Waals surface area (Å²) in [6.45, 7) is 6.69. The van der Waals surface area contributed by atoms with Gasteiger partial charge in [-0.2, -0.15) is 5.10 Å². The van der Waals surface area contributed by atoms with Crippen LogP contribution in [0.15, 0.2) is 21.7 Å². The minimum Gasteiger partial charge on any atom is -0.465 e. The van der Waals surface area contributed by atoms with Crippen molar-refractivity contribution < 1.29 is 4.42 Å². The molecule has 0 aromatic carbocycles. The molecule has 2 N–H and O–H groups in total. The summed E-state index contributed by atoms with van der Waals surface area (Å²) in [4.78, 5) is 0. The van der Waals surface area contributed by atoms with Crippen LogP contribution in [0.5, 0.6) is 0 Å². The Labute approximate surface area is 73.3 Å². The molecule has 0 fully saturated rings. The van der Waals surface area contributed by atoms with E-state index in [1.165, 1.54) is 6.21 Å². The molecule has 12 heavy (non-hydrogen) atoms. The van der Waals surface area contributed by atoms with Crippen LogP contribution >= 0.6 is 0 Å². The zero-order valence-corrected chi connectivity index (χ0v) is 8.66. The van der Waals surface area contributed by atoms with Crippen LogP contribution in [0.1, 0.15) is 5.76 Å². The molecule has 1 aromatic rings. The van der Waals surface area contributed by atoms with Crippen molar-refractivity contribution in [2.75, 3.05) is 0 Å². The predicted octanol–water partition coefficient (Wildman–Crippen LogP) is 1.12. The largest absolute Gasteiger partial charge is 0.465 e. The number of nitrogens with zero attached hydrogens (tertiary/aromatic N) is 1. The van der Waals surface area contributed by atoms with Gasteiger partial charge in [-0.05, 0) is 12.1 Å². The van der Waals surface area contributed by atoms with Gasteiger partial charge in [0.05, 0.1) is 11.6 Å². The average molecular weight is 182 g/mol. The molecule has 0 aliphatic rings. The van der Waals surface area contributed by atoms with Crippen molar-refractivity contribution in [1.82, 2.24) is 0 Å². The topological polar surface area (TPSA) is 51.5 Å². The summed E-state index contributed by atoms with van der Waals surface area (Å²) in [7, 11) is -1.31. The first-order valence-corrected chi connectivity index (χ1v) is 7.37. The van der Waals surface area contributed by atoms with E-state index in [2.05, 4.69) is 24.7 Å². The molecule has 0 amide bonds. The first kappa shape index (κ1) is 9.06. The van der Waals surface area contributed by atoms with Gasteiger partial charge in [-0.15, -0.1) is 0 Å². The van der Waals surface area contributed by atoms with Gasteiger partial charge in [-0.1, -0.05) is 19.6 Å². The van der Waals surface area contributed by atoms with Crippen molar-refractivity contribution in [2.24, 2.45) is 10.9 Å². The zero-order chi connectivity index (χ0) is 9.19. The van der Waals surface area contributed by atoms with E-state index in [-0.39, 0.29) is 0 Å².